The van der Waals surface area contributed by atoms with Crippen LogP contribution in [-0.4, -0.2) is 68.4 Å². The van der Waals surface area contributed by atoms with Crippen LogP contribution in [0, 0.1) is 0 Å². The Kier molecular flexibility index (Phi) is 12.0. The van der Waals surface area contributed by atoms with Crippen LogP contribution in [0.1, 0.15) is 0 Å². The molecule has 0 spiro atoms. The molecule has 0 N–H and O–H groups in total. The zero-order valence-corrected chi connectivity index (χ0v) is 13.2. The van der Waals surface area contributed by atoms with E-state index in [9.17, 15) is 0 Å². The van der Waals surface area contributed by atoms with Crippen molar-refractivity contribution in [3.05, 3.63) is 11.4 Å². The Morgan fingerprint density at radius 1 is 0.800 bits per heavy atom. The van der Waals surface area contributed by atoms with Crippen LogP contribution < -0.4 is 0 Å². The van der Waals surface area contributed by atoms with E-state index in [4.69, 9.17) is 0 Å². The minimum absolute atomic E-state index is 0.962. The predicted octanol–water partition coefficient (Wildman–Crippen LogP) is -2.49. The van der Waals surface area contributed by atoms with Gasteiger partial charge in [0.2, 0.25) is 0 Å². The van der Waals surface area contributed by atoms with Crippen molar-refractivity contribution in [2.75, 3.05) is 0 Å². The normalized spacial score (nSPS) is 11.6. The topological polar surface area (TPSA) is 0 Å². The second kappa shape index (κ2) is 10.5. The van der Waals surface area contributed by atoms with E-state index >= 15 is 0 Å². The lowest BCUT2D eigenvalue weighted by molar-refractivity contribution is 2.48. The summed E-state index contributed by atoms with van der Waals surface area (Å²) in [6, 6.07) is 0. The van der Waals surface area contributed by atoms with Gasteiger partial charge in [0.15, 0.2) is 0 Å². The standard InChI is InChI=1S/C2H2Si8/c3-7-9-5-1-2-6-10-8-4/h1-2H/b2-1+,9-5?,10-6?. The van der Waals surface area contributed by atoms with E-state index in [1.807, 2.05) is 0 Å². The molecule has 0 aliphatic carbocycles. The van der Waals surface area contributed by atoms with Gasteiger partial charge in [0.1, 0.15) is 0 Å². The van der Waals surface area contributed by atoms with E-state index in [0.717, 1.165) is 49.7 Å². The highest BCUT2D eigenvalue weighted by Crippen LogP contribution is 1.53. The third kappa shape index (κ3) is 9.48. The van der Waals surface area contributed by atoms with Crippen LogP contribution in [-0.2, 0) is 0 Å². The molecule has 0 heterocycles. The van der Waals surface area contributed by atoms with Gasteiger partial charge in [-0.1, -0.05) is 11.4 Å². The Morgan fingerprint density at radius 2 is 1.20 bits per heavy atom. The summed E-state index contributed by atoms with van der Waals surface area (Å²) in [5.74, 6) is 0. The smallest absolute Gasteiger partial charge is 0.0238 e. The minimum Gasteiger partial charge on any atom is -0.0858 e. The maximum Gasteiger partial charge on any atom is 0.0238 e. The van der Waals surface area contributed by atoms with Crippen molar-refractivity contribution in [1.29, 1.82) is 0 Å². The maximum absolute atomic E-state index is 3.49. The molecule has 42 valence electrons. The van der Waals surface area contributed by atoms with Crippen LogP contribution in [0.4, 0.5) is 0 Å². The van der Waals surface area contributed by atoms with Crippen molar-refractivity contribution in [3.8, 4) is 0 Å². The fourth-order valence-corrected chi connectivity index (χ4v) is 10.3. The van der Waals surface area contributed by atoms with Crippen LogP contribution in [0.15, 0.2) is 11.4 Å². The molecule has 0 aromatic carbocycles. The van der Waals surface area contributed by atoms with Crippen LogP contribution in [0.2, 0.25) is 0 Å². The molecule has 0 aliphatic heterocycles. The van der Waals surface area contributed by atoms with Crippen molar-refractivity contribution < 1.29 is 0 Å². The highest BCUT2D eigenvalue weighted by Gasteiger charge is 1.62. The van der Waals surface area contributed by atoms with E-state index < -0.39 is 0 Å². The lowest BCUT2D eigenvalue weighted by Gasteiger charge is -1.66. The molecule has 8 heteroatoms. The van der Waals surface area contributed by atoms with Crippen LogP contribution in [0.25, 0.3) is 0 Å². The maximum atomic E-state index is 3.49. The second-order valence-electron chi connectivity index (χ2n) is 1.12. The first-order chi connectivity index (χ1) is 4.91. The fraction of sp³-hybridized carbons (Fsp3) is 0. The number of hydrogen-bond donors (Lipinski definition) is 0. The van der Waals surface area contributed by atoms with Gasteiger partial charge in [-0.3, -0.25) is 0 Å². The Morgan fingerprint density at radius 3 is 1.50 bits per heavy atom. The molecule has 0 saturated heterocycles. The molecule has 0 atom stereocenters. The highest BCUT2D eigenvalue weighted by atomic mass is 29.5. The summed E-state index contributed by atoms with van der Waals surface area (Å²) in [7, 11) is 13.2. The lowest BCUT2D eigenvalue weighted by Crippen LogP contribution is -1.89. The fourth-order valence-electron chi connectivity index (χ4n) is 0.239. The summed E-state index contributed by atoms with van der Waals surface area (Å²) in [6.07, 6.45) is 0. The molecule has 0 rings (SSSR count). The molecule has 0 aromatic rings. The van der Waals surface area contributed by atoms with Crippen LogP contribution in [0.3, 0.4) is 0 Å². The SMILES string of the molecule is [Si]=[Si][Si]=[Si]/C=C/[Si]=[Si][Si]=[Si]. The molecular weight excluding hydrogens is 249 g/mol. The monoisotopic (exact) mass is 250 g/mol. The first-order valence-electron chi connectivity index (χ1n) is 2.41. The van der Waals surface area contributed by atoms with Gasteiger partial charge in [0, 0.05) is 68.4 Å². The van der Waals surface area contributed by atoms with Gasteiger partial charge in [0.25, 0.3) is 0 Å². The average Bonchev–Trinajstić information content (AvgIpc) is 1.97. The Hall–Kier alpha value is 1.48. The van der Waals surface area contributed by atoms with Gasteiger partial charge in [0.05, 0.1) is 0 Å². The molecule has 0 aliphatic rings. The second-order valence-corrected chi connectivity index (χ2v) is 17.1. The lowest BCUT2D eigenvalue weighted by atomic mass is 11.2. The Labute approximate surface area is 79.5 Å². The summed E-state index contributed by atoms with van der Waals surface area (Å²) in [4.78, 5) is 0. The molecule has 0 aromatic heterocycles. The van der Waals surface area contributed by atoms with Gasteiger partial charge in [-0.25, -0.2) is 0 Å². The molecule has 0 saturated carbocycles. The van der Waals surface area contributed by atoms with E-state index in [1.165, 1.54) is 0 Å². The number of rotatable bonds is 4. The van der Waals surface area contributed by atoms with Crippen molar-refractivity contribution in [1.82, 2.24) is 0 Å². The molecule has 0 fully saturated rings. The summed E-state index contributed by atoms with van der Waals surface area (Å²) < 4.78 is 0. The van der Waals surface area contributed by atoms with Gasteiger partial charge >= 0.3 is 0 Å². The van der Waals surface area contributed by atoms with Crippen molar-refractivity contribution in [3.63, 3.8) is 0 Å². The Balaban J connectivity index is 3.55. The predicted molar refractivity (Wildman–Crippen MR) is 55.2 cm³/mol. The van der Waals surface area contributed by atoms with Gasteiger partial charge in [-0.2, -0.15) is 0 Å². The van der Waals surface area contributed by atoms with E-state index in [0.29, 0.717) is 0 Å². The molecule has 0 bridgehead atoms. The molecule has 0 nitrogen and oxygen atoms in total. The third-order valence-corrected chi connectivity index (χ3v) is 16.3. The van der Waals surface area contributed by atoms with Crippen molar-refractivity contribution in [2.24, 2.45) is 0 Å². The minimum atomic E-state index is 0.962. The molecule has 0 amide bonds. The van der Waals surface area contributed by atoms with E-state index in [1.54, 1.807) is 0 Å². The largest absolute Gasteiger partial charge is 0.0858 e. The quantitative estimate of drug-likeness (QED) is 0.485. The molecule has 10 radical (unpaired) electrons. The zero-order chi connectivity index (χ0) is 7.66. The highest BCUT2D eigenvalue weighted by molar-refractivity contribution is 7.17. The summed E-state index contributed by atoms with van der Waals surface area (Å²) in [6.45, 7) is 0. The van der Waals surface area contributed by atoms with E-state index in [-0.39, 0.29) is 0 Å². The summed E-state index contributed by atoms with van der Waals surface area (Å²) in [5.41, 5.74) is 4.67. The first kappa shape index (κ1) is 11.5. The molecule has 10 heavy (non-hydrogen) atoms. The van der Waals surface area contributed by atoms with Crippen LogP contribution in [0.5, 0.6) is 0 Å². The van der Waals surface area contributed by atoms with Gasteiger partial charge in [-0.05, 0) is 0 Å². The van der Waals surface area contributed by atoms with Crippen molar-refractivity contribution in [2.45, 2.75) is 0 Å². The van der Waals surface area contributed by atoms with Gasteiger partial charge < -0.3 is 0 Å². The molecular formula is C2H2Si8. The third-order valence-electron chi connectivity index (χ3n) is 0.519. The molecule has 0 unspecified atom stereocenters. The average molecular weight is 251 g/mol. The van der Waals surface area contributed by atoms with Crippen molar-refractivity contribution >= 4 is 68.4 Å². The van der Waals surface area contributed by atoms with E-state index in [2.05, 4.69) is 30.1 Å². The van der Waals surface area contributed by atoms with Gasteiger partial charge in [-0.15, -0.1) is 0 Å². The first-order valence-corrected chi connectivity index (χ1v) is 15.6. The summed E-state index contributed by atoms with van der Waals surface area (Å²) >= 11 is 0. The summed E-state index contributed by atoms with van der Waals surface area (Å²) in [5, 5.41) is 0. The van der Waals surface area contributed by atoms with Crippen LogP contribution >= 0.6 is 0 Å². The number of hydrogen-bond acceptors (Lipinski definition) is 0. The Bertz CT molecular complexity index is 156. The zero-order valence-electron chi connectivity index (χ0n) is 5.15.